The standard InChI is InChI=1S/C54H32N4/c55-33-41-13-3-5-17-44(41)37-23-27-39(28-24-37)52-51-32-43(48-21-9-15-35-11-1-7-19-46(35)48)31-50(49-22-10-16-36-12-2-8-20-47(36)49)53(51)58-54(57-52)40-29-25-38(26-30-40)45-18-6-4-14-42(45)34-56/h1-32H. The molecule has 0 radical (unpaired) electrons. The molecule has 0 amide bonds. The lowest BCUT2D eigenvalue weighted by Crippen LogP contribution is -1.98. The molecule has 0 atom stereocenters. The summed E-state index contributed by atoms with van der Waals surface area (Å²) in [4.78, 5) is 10.8. The quantitative estimate of drug-likeness (QED) is 0.170. The molecule has 0 bridgehead atoms. The lowest BCUT2D eigenvalue weighted by molar-refractivity contribution is 1.23. The monoisotopic (exact) mass is 736 g/mol. The average molecular weight is 737 g/mol. The third-order valence-electron chi connectivity index (χ3n) is 11.0. The van der Waals surface area contributed by atoms with Crippen LogP contribution in [0, 0.1) is 22.7 Å². The summed E-state index contributed by atoms with van der Waals surface area (Å²) in [6, 6.07) is 71.0. The van der Waals surface area contributed by atoms with E-state index in [1.54, 1.807) is 0 Å². The Morgan fingerprint density at radius 1 is 0.328 bits per heavy atom. The fraction of sp³-hybridized carbons (Fsp3) is 0. The van der Waals surface area contributed by atoms with Gasteiger partial charge in [-0.1, -0.05) is 170 Å². The van der Waals surface area contributed by atoms with E-state index in [1.165, 1.54) is 10.8 Å². The van der Waals surface area contributed by atoms with Crippen molar-refractivity contribution >= 4 is 32.4 Å². The van der Waals surface area contributed by atoms with Crippen LogP contribution in [0.4, 0.5) is 0 Å². The zero-order chi connectivity index (χ0) is 39.0. The molecule has 58 heavy (non-hydrogen) atoms. The fourth-order valence-corrected chi connectivity index (χ4v) is 8.15. The summed E-state index contributed by atoms with van der Waals surface area (Å²) in [5, 5.41) is 25.2. The van der Waals surface area contributed by atoms with Crippen LogP contribution in [0.2, 0.25) is 0 Å². The van der Waals surface area contributed by atoms with Crippen LogP contribution in [0.15, 0.2) is 194 Å². The molecule has 1 heterocycles. The minimum atomic E-state index is 0.598. The molecule has 0 fully saturated rings. The van der Waals surface area contributed by atoms with E-state index < -0.39 is 0 Å². The van der Waals surface area contributed by atoms with Gasteiger partial charge in [0.05, 0.1) is 34.5 Å². The van der Waals surface area contributed by atoms with Gasteiger partial charge in [-0.2, -0.15) is 10.5 Å². The molecular weight excluding hydrogens is 705 g/mol. The van der Waals surface area contributed by atoms with Gasteiger partial charge >= 0.3 is 0 Å². The lowest BCUT2D eigenvalue weighted by Gasteiger charge is -2.17. The summed E-state index contributed by atoms with van der Waals surface area (Å²) in [6.07, 6.45) is 0. The second-order valence-corrected chi connectivity index (χ2v) is 14.3. The maximum absolute atomic E-state index is 9.87. The van der Waals surface area contributed by atoms with Crippen molar-refractivity contribution < 1.29 is 0 Å². The van der Waals surface area contributed by atoms with E-state index in [0.717, 1.165) is 83.0 Å². The lowest BCUT2D eigenvalue weighted by atomic mass is 9.89. The Hall–Kier alpha value is -8.18. The van der Waals surface area contributed by atoms with Crippen molar-refractivity contribution in [3.8, 4) is 79.3 Å². The summed E-state index contributed by atoms with van der Waals surface area (Å²) in [5.74, 6) is 0.598. The Bertz CT molecular complexity index is 3280. The van der Waals surface area contributed by atoms with E-state index >= 15 is 0 Å². The highest BCUT2D eigenvalue weighted by Crippen LogP contribution is 2.42. The summed E-state index contributed by atoms with van der Waals surface area (Å²) < 4.78 is 0. The van der Waals surface area contributed by atoms with Crippen molar-refractivity contribution in [2.45, 2.75) is 0 Å². The maximum Gasteiger partial charge on any atom is 0.160 e. The predicted molar refractivity (Wildman–Crippen MR) is 237 cm³/mol. The SMILES string of the molecule is N#Cc1ccccc1-c1ccc(-c2nc(-c3ccc(-c4ccccc4C#N)cc3)c3cc(-c4cccc5ccccc45)cc(-c4cccc5ccccc45)c3n2)cc1. The number of nitriles is 2. The number of benzene rings is 9. The van der Waals surface area contributed by atoms with Gasteiger partial charge in [-0.05, 0) is 84.8 Å². The highest BCUT2D eigenvalue weighted by Gasteiger charge is 2.20. The molecule has 0 saturated carbocycles. The van der Waals surface area contributed by atoms with Crippen LogP contribution in [-0.2, 0) is 0 Å². The van der Waals surface area contributed by atoms with E-state index in [1.807, 2.05) is 72.8 Å². The molecule has 0 spiro atoms. The minimum absolute atomic E-state index is 0.598. The third-order valence-corrected chi connectivity index (χ3v) is 11.0. The highest BCUT2D eigenvalue weighted by atomic mass is 14.9. The molecule has 0 aliphatic carbocycles. The zero-order valence-corrected chi connectivity index (χ0v) is 31.3. The van der Waals surface area contributed by atoms with Gasteiger partial charge in [0, 0.05) is 22.1 Å². The molecule has 1 aromatic heterocycles. The first kappa shape index (κ1) is 34.3. The predicted octanol–water partition coefficient (Wildman–Crippen LogP) is 13.7. The average Bonchev–Trinajstić information content (AvgIpc) is 3.30. The van der Waals surface area contributed by atoms with Crippen molar-refractivity contribution in [2.24, 2.45) is 0 Å². The number of hydrogen-bond donors (Lipinski definition) is 0. The second-order valence-electron chi connectivity index (χ2n) is 14.3. The van der Waals surface area contributed by atoms with E-state index in [-0.39, 0.29) is 0 Å². The number of aromatic nitrogens is 2. The first-order valence-corrected chi connectivity index (χ1v) is 19.2. The van der Waals surface area contributed by atoms with Gasteiger partial charge in [0.15, 0.2) is 5.82 Å². The van der Waals surface area contributed by atoms with Crippen molar-refractivity contribution in [1.29, 1.82) is 10.5 Å². The van der Waals surface area contributed by atoms with E-state index in [2.05, 4.69) is 133 Å². The van der Waals surface area contributed by atoms with E-state index in [4.69, 9.17) is 9.97 Å². The first-order chi connectivity index (χ1) is 28.7. The Morgan fingerprint density at radius 3 is 1.40 bits per heavy atom. The Morgan fingerprint density at radius 2 is 0.793 bits per heavy atom. The molecule has 0 aliphatic rings. The van der Waals surface area contributed by atoms with E-state index in [9.17, 15) is 10.5 Å². The summed E-state index contributed by atoms with van der Waals surface area (Å²) in [7, 11) is 0. The van der Waals surface area contributed by atoms with Crippen LogP contribution >= 0.6 is 0 Å². The topological polar surface area (TPSA) is 73.4 Å². The smallest absolute Gasteiger partial charge is 0.160 e. The molecule has 0 saturated heterocycles. The Labute approximate surface area is 336 Å². The number of fused-ring (bicyclic) bond motifs is 3. The molecule has 10 rings (SSSR count). The van der Waals surface area contributed by atoms with Crippen LogP contribution in [0.5, 0.6) is 0 Å². The van der Waals surface area contributed by atoms with Gasteiger partial charge in [0.2, 0.25) is 0 Å². The summed E-state index contributed by atoms with van der Waals surface area (Å²) in [6.45, 7) is 0. The van der Waals surface area contributed by atoms with Crippen molar-refractivity contribution in [3.05, 3.63) is 205 Å². The van der Waals surface area contributed by atoms with Gasteiger partial charge in [-0.25, -0.2) is 9.97 Å². The van der Waals surface area contributed by atoms with Crippen molar-refractivity contribution in [2.75, 3.05) is 0 Å². The van der Waals surface area contributed by atoms with Gasteiger partial charge < -0.3 is 0 Å². The molecular formula is C54H32N4. The van der Waals surface area contributed by atoms with Crippen LogP contribution < -0.4 is 0 Å². The second kappa shape index (κ2) is 14.5. The number of hydrogen-bond acceptors (Lipinski definition) is 4. The van der Waals surface area contributed by atoms with Gasteiger partial charge in [-0.15, -0.1) is 0 Å². The van der Waals surface area contributed by atoms with Crippen molar-refractivity contribution in [1.82, 2.24) is 9.97 Å². The molecule has 10 aromatic rings. The fourth-order valence-electron chi connectivity index (χ4n) is 8.15. The van der Waals surface area contributed by atoms with Crippen LogP contribution in [0.1, 0.15) is 11.1 Å². The summed E-state index contributed by atoms with van der Waals surface area (Å²) in [5.41, 5.74) is 12.7. The molecule has 0 unspecified atom stereocenters. The van der Waals surface area contributed by atoms with E-state index in [0.29, 0.717) is 17.0 Å². The van der Waals surface area contributed by atoms with Crippen molar-refractivity contribution in [3.63, 3.8) is 0 Å². The first-order valence-electron chi connectivity index (χ1n) is 19.2. The highest BCUT2D eigenvalue weighted by molar-refractivity contribution is 6.10. The molecule has 4 heteroatoms. The molecule has 0 aliphatic heterocycles. The molecule has 4 nitrogen and oxygen atoms in total. The van der Waals surface area contributed by atoms with Crippen LogP contribution in [-0.4, -0.2) is 9.97 Å². The molecule has 268 valence electrons. The normalized spacial score (nSPS) is 11.1. The molecule has 0 N–H and O–H groups in total. The van der Waals surface area contributed by atoms with Gasteiger partial charge in [-0.3, -0.25) is 0 Å². The van der Waals surface area contributed by atoms with Gasteiger partial charge in [0.25, 0.3) is 0 Å². The largest absolute Gasteiger partial charge is 0.227 e. The Kier molecular flexibility index (Phi) is 8.57. The third kappa shape index (κ3) is 6.03. The Balaban J connectivity index is 1.26. The van der Waals surface area contributed by atoms with Crippen LogP contribution in [0.3, 0.4) is 0 Å². The number of nitrogens with zero attached hydrogens (tertiary/aromatic N) is 4. The van der Waals surface area contributed by atoms with Crippen LogP contribution in [0.25, 0.3) is 99.6 Å². The molecule has 9 aromatic carbocycles. The van der Waals surface area contributed by atoms with Gasteiger partial charge in [0.1, 0.15) is 0 Å². The minimum Gasteiger partial charge on any atom is -0.227 e. The summed E-state index contributed by atoms with van der Waals surface area (Å²) >= 11 is 0. The zero-order valence-electron chi connectivity index (χ0n) is 31.3. The maximum atomic E-state index is 9.87. The number of rotatable bonds is 6.